The number of hydrogen-bond donors (Lipinski definition) is 3. The number of amidine groups is 1. The molecule has 1 aromatic heterocycles. The lowest BCUT2D eigenvalue weighted by Crippen LogP contribution is -2.42. The van der Waals surface area contributed by atoms with E-state index < -0.39 is 6.04 Å². The lowest BCUT2D eigenvalue weighted by atomic mass is 10.2. The van der Waals surface area contributed by atoms with Gasteiger partial charge in [0.2, 0.25) is 0 Å². The van der Waals surface area contributed by atoms with Gasteiger partial charge in [0.15, 0.2) is 5.84 Å². The summed E-state index contributed by atoms with van der Waals surface area (Å²) < 4.78 is 0. The first-order chi connectivity index (χ1) is 7.15. The van der Waals surface area contributed by atoms with E-state index in [4.69, 9.17) is 10.9 Å². The average Bonchev–Trinajstić information content (AvgIpc) is 2.29. The molecule has 1 aromatic rings. The van der Waals surface area contributed by atoms with Crippen LogP contribution in [0.25, 0.3) is 0 Å². The van der Waals surface area contributed by atoms with Crippen molar-refractivity contribution in [3.8, 4) is 0 Å². The molecule has 1 amide bonds. The molecule has 80 valence electrons. The van der Waals surface area contributed by atoms with E-state index in [0.717, 1.165) is 0 Å². The van der Waals surface area contributed by atoms with Gasteiger partial charge in [-0.3, -0.25) is 9.78 Å². The molecular formula is C9H12N4O2. The summed E-state index contributed by atoms with van der Waals surface area (Å²) in [5.74, 6) is -0.339. The number of aromatic nitrogens is 1. The van der Waals surface area contributed by atoms with Gasteiger partial charge in [0, 0.05) is 18.0 Å². The third-order valence-corrected chi connectivity index (χ3v) is 1.85. The van der Waals surface area contributed by atoms with Crippen molar-refractivity contribution in [2.75, 3.05) is 0 Å². The number of oxime groups is 1. The fourth-order valence-electron chi connectivity index (χ4n) is 0.944. The van der Waals surface area contributed by atoms with Gasteiger partial charge in [0.25, 0.3) is 5.91 Å². The minimum absolute atomic E-state index is 0.0441. The number of carbonyl (C=O) groups excluding carboxylic acids is 1. The molecule has 0 fully saturated rings. The zero-order valence-electron chi connectivity index (χ0n) is 8.21. The van der Waals surface area contributed by atoms with E-state index >= 15 is 0 Å². The SMILES string of the molecule is CC(NC(=O)c1ccncc1)/C(N)=N/O. The molecule has 0 radical (unpaired) electrons. The van der Waals surface area contributed by atoms with Crippen LogP contribution < -0.4 is 11.1 Å². The minimum atomic E-state index is -0.518. The molecule has 0 aliphatic carbocycles. The van der Waals surface area contributed by atoms with Gasteiger partial charge in [-0.25, -0.2) is 0 Å². The van der Waals surface area contributed by atoms with Crippen LogP contribution in [0.5, 0.6) is 0 Å². The summed E-state index contributed by atoms with van der Waals surface area (Å²) in [4.78, 5) is 15.3. The van der Waals surface area contributed by atoms with E-state index in [0.29, 0.717) is 5.56 Å². The first kappa shape index (κ1) is 11.0. The van der Waals surface area contributed by atoms with Gasteiger partial charge >= 0.3 is 0 Å². The Labute approximate surface area is 86.8 Å². The second-order valence-electron chi connectivity index (χ2n) is 2.96. The highest BCUT2D eigenvalue weighted by molar-refractivity contribution is 5.97. The molecule has 0 aromatic carbocycles. The van der Waals surface area contributed by atoms with Crippen molar-refractivity contribution in [2.24, 2.45) is 10.9 Å². The van der Waals surface area contributed by atoms with Gasteiger partial charge in [-0.15, -0.1) is 0 Å². The minimum Gasteiger partial charge on any atom is -0.409 e. The van der Waals surface area contributed by atoms with E-state index in [1.165, 1.54) is 12.4 Å². The summed E-state index contributed by atoms with van der Waals surface area (Å²) in [6.07, 6.45) is 3.03. The first-order valence-electron chi connectivity index (χ1n) is 4.33. The topological polar surface area (TPSA) is 101 Å². The molecule has 6 heteroatoms. The lowest BCUT2D eigenvalue weighted by molar-refractivity contribution is 0.0948. The molecule has 1 heterocycles. The summed E-state index contributed by atoms with van der Waals surface area (Å²) in [7, 11) is 0. The molecule has 0 aliphatic rings. The normalized spacial score (nSPS) is 13.3. The van der Waals surface area contributed by atoms with E-state index in [2.05, 4.69) is 15.5 Å². The van der Waals surface area contributed by atoms with Crippen LogP contribution in [0.2, 0.25) is 0 Å². The molecule has 6 nitrogen and oxygen atoms in total. The predicted molar refractivity (Wildman–Crippen MR) is 54.6 cm³/mol. The maximum absolute atomic E-state index is 11.5. The van der Waals surface area contributed by atoms with Crippen molar-refractivity contribution in [1.29, 1.82) is 0 Å². The van der Waals surface area contributed by atoms with Crippen molar-refractivity contribution in [1.82, 2.24) is 10.3 Å². The number of rotatable bonds is 3. The molecule has 1 unspecified atom stereocenters. The second kappa shape index (κ2) is 4.94. The third-order valence-electron chi connectivity index (χ3n) is 1.85. The molecule has 0 spiro atoms. The third kappa shape index (κ3) is 2.94. The highest BCUT2D eigenvalue weighted by atomic mass is 16.4. The monoisotopic (exact) mass is 208 g/mol. The maximum Gasteiger partial charge on any atom is 0.251 e. The molecule has 0 saturated heterocycles. The predicted octanol–water partition coefficient (Wildman–Crippen LogP) is -0.0537. The maximum atomic E-state index is 11.5. The Morgan fingerprint density at radius 1 is 1.60 bits per heavy atom. The van der Waals surface area contributed by atoms with Crippen molar-refractivity contribution < 1.29 is 10.0 Å². The number of hydrogen-bond acceptors (Lipinski definition) is 4. The quantitative estimate of drug-likeness (QED) is 0.280. The van der Waals surface area contributed by atoms with Crippen LogP contribution in [0.4, 0.5) is 0 Å². The zero-order valence-corrected chi connectivity index (χ0v) is 8.21. The molecule has 0 saturated carbocycles. The zero-order chi connectivity index (χ0) is 11.3. The summed E-state index contributed by atoms with van der Waals surface area (Å²) in [6, 6.07) is 2.64. The van der Waals surface area contributed by atoms with Gasteiger partial charge in [-0.2, -0.15) is 0 Å². The molecular weight excluding hydrogens is 196 g/mol. The molecule has 4 N–H and O–H groups in total. The van der Waals surface area contributed by atoms with Crippen LogP contribution in [0.1, 0.15) is 17.3 Å². The van der Waals surface area contributed by atoms with Gasteiger partial charge in [-0.05, 0) is 19.1 Å². The smallest absolute Gasteiger partial charge is 0.251 e. The van der Waals surface area contributed by atoms with Crippen LogP contribution in [0.3, 0.4) is 0 Å². The van der Waals surface area contributed by atoms with Crippen LogP contribution in [-0.4, -0.2) is 28.0 Å². The Kier molecular flexibility index (Phi) is 3.61. The van der Waals surface area contributed by atoms with E-state index in [1.54, 1.807) is 19.1 Å². The molecule has 1 rings (SSSR count). The van der Waals surface area contributed by atoms with E-state index in [1.807, 2.05) is 0 Å². The van der Waals surface area contributed by atoms with Gasteiger partial charge in [-0.1, -0.05) is 5.16 Å². The molecule has 15 heavy (non-hydrogen) atoms. The van der Waals surface area contributed by atoms with Crippen molar-refractivity contribution >= 4 is 11.7 Å². The van der Waals surface area contributed by atoms with Gasteiger partial charge in [0.1, 0.15) is 0 Å². The molecule has 0 bridgehead atoms. The fraction of sp³-hybridized carbons (Fsp3) is 0.222. The van der Waals surface area contributed by atoms with E-state index in [-0.39, 0.29) is 11.7 Å². The van der Waals surface area contributed by atoms with Crippen molar-refractivity contribution in [3.05, 3.63) is 30.1 Å². The van der Waals surface area contributed by atoms with Crippen molar-refractivity contribution in [2.45, 2.75) is 13.0 Å². The Morgan fingerprint density at radius 3 is 2.73 bits per heavy atom. The number of nitrogens with two attached hydrogens (primary N) is 1. The van der Waals surface area contributed by atoms with Gasteiger partial charge in [0.05, 0.1) is 6.04 Å². The van der Waals surface area contributed by atoms with Crippen molar-refractivity contribution in [3.63, 3.8) is 0 Å². The largest absolute Gasteiger partial charge is 0.409 e. The van der Waals surface area contributed by atoms with Gasteiger partial charge < -0.3 is 16.3 Å². The summed E-state index contributed by atoms with van der Waals surface area (Å²) in [6.45, 7) is 1.62. The molecule has 0 aliphatic heterocycles. The number of pyridine rings is 1. The standard InChI is InChI=1S/C9H12N4O2/c1-6(8(10)13-15)12-9(14)7-2-4-11-5-3-7/h2-6,15H,1H3,(H2,10,13)(H,12,14). The summed E-state index contributed by atoms with van der Waals surface area (Å²) in [5.41, 5.74) is 5.79. The number of nitrogens with zero attached hydrogens (tertiary/aromatic N) is 2. The van der Waals surface area contributed by atoms with Crippen LogP contribution >= 0.6 is 0 Å². The summed E-state index contributed by atoms with van der Waals surface area (Å²) >= 11 is 0. The number of amides is 1. The van der Waals surface area contributed by atoms with Crippen LogP contribution in [0.15, 0.2) is 29.7 Å². The summed E-state index contributed by atoms with van der Waals surface area (Å²) in [5, 5.41) is 13.8. The Hall–Kier alpha value is -2.11. The Morgan fingerprint density at radius 2 is 2.20 bits per heavy atom. The Bertz CT molecular complexity index is 364. The highest BCUT2D eigenvalue weighted by Crippen LogP contribution is 1.96. The second-order valence-corrected chi connectivity index (χ2v) is 2.96. The Balaban J connectivity index is 2.65. The molecule has 1 atom stereocenters. The first-order valence-corrected chi connectivity index (χ1v) is 4.33. The number of carbonyl (C=O) groups is 1. The van der Waals surface area contributed by atoms with E-state index in [9.17, 15) is 4.79 Å². The highest BCUT2D eigenvalue weighted by Gasteiger charge is 2.12. The number of nitrogens with one attached hydrogen (secondary N) is 1. The van der Waals surface area contributed by atoms with Crippen LogP contribution in [0, 0.1) is 0 Å². The lowest BCUT2D eigenvalue weighted by Gasteiger charge is -2.11. The average molecular weight is 208 g/mol. The fourth-order valence-corrected chi connectivity index (χ4v) is 0.944. The van der Waals surface area contributed by atoms with Crippen LogP contribution in [-0.2, 0) is 0 Å².